The molecule has 0 spiro atoms. The number of nitrogens with one attached hydrogen (secondary N) is 1. The molecule has 0 aliphatic heterocycles. The Kier molecular flexibility index (Phi) is 6.21. The summed E-state index contributed by atoms with van der Waals surface area (Å²) in [7, 11) is 0. The van der Waals surface area contributed by atoms with Gasteiger partial charge < -0.3 is 10.1 Å². The normalized spacial score (nSPS) is 11.8. The third-order valence-electron chi connectivity index (χ3n) is 4.05. The first-order chi connectivity index (χ1) is 11.1. The van der Waals surface area contributed by atoms with Crippen molar-refractivity contribution in [2.24, 2.45) is 0 Å². The second kappa shape index (κ2) is 8.37. The minimum Gasteiger partial charge on any atom is -0.484 e. The summed E-state index contributed by atoms with van der Waals surface area (Å²) in [5, 5.41) is 2.86. The van der Waals surface area contributed by atoms with E-state index in [-0.39, 0.29) is 12.5 Å². The summed E-state index contributed by atoms with van der Waals surface area (Å²) >= 11 is 0. The number of anilines is 1. The van der Waals surface area contributed by atoms with Crippen LogP contribution in [0.2, 0.25) is 0 Å². The van der Waals surface area contributed by atoms with Crippen molar-refractivity contribution in [2.75, 3.05) is 11.9 Å². The summed E-state index contributed by atoms with van der Waals surface area (Å²) in [5.41, 5.74) is 3.29. The van der Waals surface area contributed by atoms with E-state index in [2.05, 4.69) is 38.2 Å². The zero-order valence-corrected chi connectivity index (χ0v) is 14.1. The first-order valence-electron chi connectivity index (χ1n) is 8.24. The fraction of sp³-hybridized carbons (Fsp3) is 0.350. The molecule has 1 amide bonds. The van der Waals surface area contributed by atoms with Gasteiger partial charge in [-0.3, -0.25) is 4.79 Å². The molecule has 2 aromatic carbocycles. The second-order valence-electron chi connectivity index (χ2n) is 5.77. The average molecular weight is 311 g/mol. The first-order valence-corrected chi connectivity index (χ1v) is 8.24. The van der Waals surface area contributed by atoms with Crippen LogP contribution >= 0.6 is 0 Å². The lowest BCUT2D eigenvalue weighted by Crippen LogP contribution is -2.20. The smallest absolute Gasteiger partial charge is 0.262 e. The molecule has 23 heavy (non-hydrogen) atoms. The van der Waals surface area contributed by atoms with E-state index in [1.165, 1.54) is 11.1 Å². The van der Waals surface area contributed by atoms with E-state index in [1.54, 1.807) is 0 Å². The Hall–Kier alpha value is -2.29. The van der Waals surface area contributed by atoms with E-state index in [4.69, 9.17) is 4.74 Å². The van der Waals surface area contributed by atoms with Crippen LogP contribution in [0.15, 0.2) is 48.5 Å². The van der Waals surface area contributed by atoms with Crippen LogP contribution in [0.4, 0.5) is 5.69 Å². The second-order valence-corrected chi connectivity index (χ2v) is 5.77. The van der Waals surface area contributed by atoms with Crippen molar-refractivity contribution in [3.8, 4) is 5.75 Å². The lowest BCUT2D eigenvalue weighted by Gasteiger charge is -2.11. The summed E-state index contributed by atoms with van der Waals surface area (Å²) in [4.78, 5) is 12.0. The van der Waals surface area contributed by atoms with E-state index in [9.17, 15) is 4.79 Å². The Balaban J connectivity index is 1.86. The van der Waals surface area contributed by atoms with Crippen LogP contribution in [-0.2, 0) is 11.2 Å². The van der Waals surface area contributed by atoms with Crippen molar-refractivity contribution in [1.29, 1.82) is 0 Å². The predicted octanol–water partition coefficient (Wildman–Crippen LogP) is 4.78. The quantitative estimate of drug-likeness (QED) is 0.799. The Morgan fingerprint density at radius 1 is 1.13 bits per heavy atom. The minimum atomic E-state index is -0.150. The molecular weight excluding hydrogens is 286 g/mol. The number of hydrogen-bond donors (Lipinski definition) is 1. The van der Waals surface area contributed by atoms with Crippen molar-refractivity contribution in [1.82, 2.24) is 0 Å². The Morgan fingerprint density at radius 2 is 1.87 bits per heavy atom. The first kappa shape index (κ1) is 17.1. The molecule has 1 atom stereocenters. The lowest BCUT2D eigenvalue weighted by molar-refractivity contribution is -0.118. The number of rotatable bonds is 7. The summed E-state index contributed by atoms with van der Waals surface area (Å²) in [6.07, 6.45) is 2.06. The van der Waals surface area contributed by atoms with Crippen LogP contribution in [-0.4, -0.2) is 12.5 Å². The maximum absolute atomic E-state index is 12.0. The van der Waals surface area contributed by atoms with Crippen molar-refractivity contribution in [3.05, 3.63) is 59.7 Å². The SMILES string of the molecule is CCc1cccc(OCC(=O)Nc2ccc(C(C)CC)cc2)c1. The number of hydrogen-bond acceptors (Lipinski definition) is 2. The van der Waals surface area contributed by atoms with Gasteiger partial charge in [0.25, 0.3) is 5.91 Å². The van der Waals surface area contributed by atoms with Crippen LogP contribution in [0.1, 0.15) is 44.2 Å². The van der Waals surface area contributed by atoms with Gasteiger partial charge in [-0.25, -0.2) is 0 Å². The monoisotopic (exact) mass is 311 g/mol. The summed E-state index contributed by atoms with van der Waals surface area (Å²) in [6, 6.07) is 15.8. The number of aryl methyl sites for hydroxylation is 1. The van der Waals surface area contributed by atoms with E-state index in [0.717, 1.165) is 24.3 Å². The highest BCUT2D eigenvalue weighted by molar-refractivity contribution is 5.91. The van der Waals surface area contributed by atoms with Crippen LogP contribution in [0, 0.1) is 0 Å². The molecule has 0 heterocycles. The maximum atomic E-state index is 12.0. The number of ether oxygens (including phenoxy) is 1. The van der Waals surface area contributed by atoms with Crippen molar-refractivity contribution in [2.45, 2.75) is 39.5 Å². The van der Waals surface area contributed by atoms with Crippen molar-refractivity contribution >= 4 is 11.6 Å². The minimum absolute atomic E-state index is 0.0142. The number of carbonyl (C=O) groups is 1. The van der Waals surface area contributed by atoms with Gasteiger partial charge in [0.2, 0.25) is 0 Å². The van der Waals surface area contributed by atoms with Crippen LogP contribution in [0.5, 0.6) is 5.75 Å². The van der Waals surface area contributed by atoms with Gasteiger partial charge in [0.15, 0.2) is 6.61 Å². The zero-order chi connectivity index (χ0) is 16.7. The van der Waals surface area contributed by atoms with Gasteiger partial charge in [-0.2, -0.15) is 0 Å². The van der Waals surface area contributed by atoms with Crippen molar-refractivity contribution < 1.29 is 9.53 Å². The number of benzene rings is 2. The van der Waals surface area contributed by atoms with Gasteiger partial charge in [-0.05, 0) is 54.2 Å². The molecule has 0 aliphatic rings. The largest absolute Gasteiger partial charge is 0.484 e. The summed E-state index contributed by atoms with van der Waals surface area (Å²) in [6.45, 7) is 6.48. The third kappa shape index (κ3) is 5.13. The average Bonchev–Trinajstić information content (AvgIpc) is 2.60. The van der Waals surface area contributed by atoms with E-state index >= 15 is 0 Å². The third-order valence-corrected chi connectivity index (χ3v) is 4.05. The molecule has 0 fully saturated rings. The molecule has 0 aromatic heterocycles. The number of amides is 1. The standard InChI is InChI=1S/C20H25NO2/c1-4-15(3)17-9-11-18(12-10-17)21-20(22)14-23-19-8-6-7-16(5-2)13-19/h6-13,15H,4-5,14H2,1-3H3,(H,21,22). The molecule has 122 valence electrons. The molecule has 0 aliphatic carbocycles. The Morgan fingerprint density at radius 3 is 2.52 bits per heavy atom. The molecule has 1 N–H and O–H groups in total. The van der Waals surface area contributed by atoms with E-state index in [0.29, 0.717) is 5.92 Å². The molecule has 0 saturated carbocycles. The van der Waals surface area contributed by atoms with Gasteiger partial charge in [0.1, 0.15) is 5.75 Å². The molecule has 1 unspecified atom stereocenters. The summed E-state index contributed by atoms with van der Waals surface area (Å²) < 4.78 is 5.55. The molecule has 3 nitrogen and oxygen atoms in total. The van der Waals surface area contributed by atoms with Gasteiger partial charge in [0.05, 0.1) is 0 Å². The van der Waals surface area contributed by atoms with Crippen LogP contribution in [0.25, 0.3) is 0 Å². The highest BCUT2D eigenvalue weighted by Crippen LogP contribution is 2.20. The highest BCUT2D eigenvalue weighted by Gasteiger charge is 2.06. The fourth-order valence-electron chi connectivity index (χ4n) is 2.33. The van der Waals surface area contributed by atoms with Gasteiger partial charge in [-0.15, -0.1) is 0 Å². The zero-order valence-electron chi connectivity index (χ0n) is 14.1. The molecule has 0 saturated heterocycles. The van der Waals surface area contributed by atoms with Gasteiger partial charge >= 0.3 is 0 Å². The molecular formula is C20H25NO2. The fourth-order valence-corrected chi connectivity index (χ4v) is 2.33. The Labute approximate surface area is 138 Å². The molecule has 2 rings (SSSR count). The van der Waals surface area contributed by atoms with Gasteiger partial charge in [0, 0.05) is 5.69 Å². The maximum Gasteiger partial charge on any atom is 0.262 e. The summed E-state index contributed by atoms with van der Waals surface area (Å²) in [5.74, 6) is 1.11. The number of carbonyl (C=O) groups excluding carboxylic acids is 1. The van der Waals surface area contributed by atoms with E-state index in [1.807, 2.05) is 36.4 Å². The molecule has 0 radical (unpaired) electrons. The molecule has 3 heteroatoms. The van der Waals surface area contributed by atoms with Crippen LogP contribution < -0.4 is 10.1 Å². The predicted molar refractivity (Wildman–Crippen MR) is 95.1 cm³/mol. The molecule has 0 bridgehead atoms. The van der Waals surface area contributed by atoms with Crippen molar-refractivity contribution in [3.63, 3.8) is 0 Å². The van der Waals surface area contributed by atoms with Crippen LogP contribution in [0.3, 0.4) is 0 Å². The highest BCUT2D eigenvalue weighted by atomic mass is 16.5. The topological polar surface area (TPSA) is 38.3 Å². The van der Waals surface area contributed by atoms with E-state index < -0.39 is 0 Å². The lowest BCUT2D eigenvalue weighted by atomic mass is 9.99. The molecule has 2 aromatic rings. The Bertz CT molecular complexity index is 634. The van der Waals surface area contributed by atoms with Gasteiger partial charge in [-0.1, -0.05) is 45.0 Å².